The predicted octanol–water partition coefficient (Wildman–Crippen LogP) is 1.73. The van der Waals surface area contributed by atoms with Gasteiger partial charge in [0.05, 0.1) is 28.7 Å². The third kappa shape index (κ3) is 1.87. The number of amides is 1. The second-order valence-electron chi connectivity index (χ2n) is 6.23. The van der Waals surface area contributed by atoms with Gasteiger partial charge in [0.2, 0.25) is 0 Å². The molecule has 2 N–H and O–H groups in total. The van der Waals surface area contributed by atoms with Gasteiger partial charge in [-0.05, 0) is 18.1 Å². The molecule has 0 radical (unpaired) electrons. The highest BCUT2D eigenvalue weighted by molar-refractivity contribution is 6.04. The smallest absolute Gasteiger partial charge is 0.271 e. The number of aliphatic imine (C=N–C) groups is 2. The topological polar surface area (TPSA) is 106 Å². The minimum Gasteiger partial charge on any atom is -0.469 e. The van der Waals surface area contributed by atoms with Crippen LogP contribution < -0.4 is 10.6 Å². The number of aromatic nitrogens is 1. The molecule has 4 heterocycles. The van der Waals surface area contributed by atoms with Crippen molar-refractivity contribution in [2.24, 2.45) is 21.1 Å². The Morgan fingerprint density at radius 2 is 2.28 bits per heavy atom. The van der Waals surface area contributed by atoms with Crippen LogP contribution in [0.25, 0.3) is 11.0 Å². The summed E-state index contributed by atoms with van der Waals surface area (Å²) in [5.41, 5.74) is 8.58. The normalized spacial score (nSPS) is 23.4. The molecular weight excluding hydrogens is 322 g/mol. The van der Waals surface area contributed by atoms with Gasteiger partial charge in [-0.15, -0.1) is 0 Å². The molecular formula is C17H13N5O3. The van der Waals surface area contributed by atoms with E-state index >= 15 is 0 Å². The largest absolute Gasteiger partial charge is 0.469 e. The molecule has 0 bridgehead atoms. The van der Waals surface area contributed by atoms with Gasteiger partial charge in [-0.1, -0.05) is 5.16 Å². The number of nitrogens with zero attached hydrogens (tertiary/aromatic N) is 4. The van der Waals surface area contributed by atoms with Gasteiger partial charge in [0.1, 0.15) is 18.9 Å². The Balaban J connectivity index is 1.75. The monoisotopic (exact) mass is 335 g/mol. The van der Waals surface area contributed by atoms with Gasteiger partial charge >= 0.3 is 0 Å². The molecule has 8 nitrogen and oxygen atoms in total. The average molecular weight is 335 g/mol. The summed E-state index contributed by atoms with van der Waals surface area (Å²) in [6.45, 7) is 0.569. The summed E-state index contributed by atoms with van der Waals surface area (Å²) in [5, 5.41) is 4.41. The molecule has 1 aromatic heterocycles. The van der Waals surface area contributed by atoms with Crippen molar-refractivity contribution in [1.29, 1.82) is 0 Å². The van der Waals surface area contributed by atoms with E-state index in [2.05, 4.69) is 15.1 Å². The Labute approximate surface area is 141 Å². The summed E-state index contributed by atoms with van der Waals surface area (Å²) in [4.78, 5) is 22.2. The van der Waals surface area contributed by atoms with E-state index in [0.29, 0.717) is 23.9 Å². The Morgan fingerprint density at radius 1 is 1.36 bits per heavy atom. The van der Waals surface area contributed by atoms with Gasteiger partial charge < -0.3 is 19.9 Å². The lowest BCUT2D eigenvalue weighted by atomic mass is 9.75. The van der Waals surface area contributed by atoms with Gasteiger partial charge in [0.15, 0.2) is 11.3 Å². The van der Waals surface area contributed by atoms with E-state index < -0.39 is 11.3 Å². The zero-order valence-corrected chi connectivity index (χ0v) is 13.0. The zero-order chi connectivity index (χ0) is 17.0. The quantitative estimate of drug-likeness (QED) is 0.854. The number of anilines is 1. The number of primary amides is 1. The van der Waals surface area contributed by atoms with E-state index in [0.717, 1.165) is 16.9 Å². The molecule has 0 aliphatic carbocycles. The number of rotatable bonds is 1. The maximum atomic E-state index is 11.6. The van der Waals surface area contributed by atoms with Crippen LogP contribution in [0.3, 0.4) is 0 Å². The number of hydrogen-bond acceptors (Lipinski definition) is 7. The lowest BCUT2D eigenvalue weighted by Gasteiger charge is -2.43. The molecule has 3 aliphatic heterocycles. The lowest BCUT2D eigenvalue weighted by Crippen LogP contribution is -2.44. The van der Waals surface area contributed by atoms with Gasteiger partial charge in [-0.2, -0.15) is 0 Å². The first-order valence-corrected chi connectivity index (χ1v) is 7.75. The first-order chi connectivity index (χ1) is 12.2. The maximum absolute atomic E-state index is 11.6. The number of hydrogen-bond donors (Lipinski definition) is 1. The van der Waals surface area contributed by atoms with Crippen molar-refractivity contribution < 1.29 is 14.1 Å². The number of nitrogens with two attached hydrogens (primary N) is 1. The average Bonchev–Trinajstić information content (AvgIpc) is 3.04. The second kappa shape index (κ2) is 4.79. The first kappa shape index (κ1) is 14.0. The number of benzene rings is 1. The third-order valence-electron chi connectivity index (χ3n) is 4.75. The summed E-state index contributed by atoms with van der Waals surface area (Å²) >= 11 is 0. The van der Waals surface area contributed by atoms with Crippen LogP contribution >= 0.6 is 0 Å². The molecule has 1 unspecified atom stereocenters. The third-order valence-corrected chi connectivity index (χ3v) is 4.75. The molecule has 1 amide bonds. The summed E-state index contributed by atoms with van der Waals surface area (Å²) in [6.07, 6.45) is 9.29. The van der Waals surface area contributed by atoms with Crippen molar-refractivity contribution in [2.75, 3.05) is 11.4 Å². The van der Waals surface area contributed by atoms with Crippen LogP contribution in [-0.4, -0.2) is 30.2 Å². The minimum absolute atomic E-state index is 0.140. The van der Waals surface area contributed by atoms with Crippen LogP contribution in [-0.2, 0) is 11.2 Å². The van der Waals surface area contributed by atoms with Crippen molar-refractivity contribution in [2.45, 2.75) is 6.42 Å². The van der Waals surface area contributed by atoms with Crippen molar-refractivity contribution in [3.8, 4) is 0 Å². The van der Waals surface area contributed by atoms with E-state index in [1.807, 2.05) is 29.4 Å². The summed E-state index contributed by atoms with van der Waals surface area (Å²) in [5.74, 6) is -0.611. The first-order valence-electron chi connectivity index (χ1n) is 7.75. The lowest BCUT2D eigenvalue weighted by molar-refractivity contribution is 0.0993. The highest BCUT2D eigenvalue weighted by Crippen LogP contribution is 2.46. The number of ether oxygens (including phenoxy) is 1. The molecule has 3 aliphatic rings. The molecule has 1 spiro atoms. The van der Waals surface area contributed by atoms with E-state index in [4.69, 9.17) is 15.0 Å². The zero-order valence-electron chi connectivity index (χ0n) is 13.0. The molecule has 5 rings (SSSR count). The maximum Gasteiger partial charge on any atom is 0.271 e. The number of carbonyl (C=O) groups is 1. The van der Waals surface area contributed by atoms with Crippen LogP contribution in [0.15, 0.2) is 51.1 Å². The van der Waals surface area contributed by atoms with E-state index in [-0.39, 0.29) is 5.69 Å². The molecule has 0 saturated carbocycles. The van der Waals surface area contributed by atoms with Crippen molar-refractivity contribution in [1.82, 2.24) is 5.16 Å². The van der Waals surface area contributed by atoms with Crippen molar-refractivity contribution >= 4 is 35.1 Å². The molecule has 2 aromatic rings. The van der Waals surface area contributed by atoms with E-state index in [1.165, 1.54) is 0 Å². The molecule has 25 heavy (non-hydrogen) atoms. The van der Waals surface area contributed by atoms with Crippen LogP contribution in [0.4, 0.5) is 5.69 Å². The van der Waals surface area contributed by atoms with Gasteiger partial charge in [0, 0.05) is 18.5 Å². The predicted molar refractivity (Wildman–Crippen MR) is 91.3 cm³/mol. The molecule has 1 aromatic carbocycles. The van der Waals surface area contributed by atoms with Crippen molar-refractivity contribution in [3.63, 3.8) is 0 Å². The second-order valence-corrected chi connectivity index (χ2v) is 6.23. The Bertz CT molecular complexity index is 1030. The van der Waals surface area contributed by atoms with E-state index in [9.17, 15) is 4.79 Å². The Hall–Kier alpha value is -3.42. The molecule has 1 atom stereocenters. The highest BCUT2D eigenvalue weighted by Gasteiger charge is 2.43. The highest BCUT2D eigenvalue weighted by atomic mass is 16.5. The van der Waals surface area contributed by atoms with Crippen LogP contribution in [0.2, 0.25) is 0 Å². The van der Waals surface area contributed by atoms with Gasteiger partial charge in [-0.3, -0.25) is 9.79 Å². The summed E-state index contributed by atoms with van der Waals surface area (Å²) in [7, 11) is 0. The fourth-order valence-corrected chi connectivity index (χ4v) is 3.61. The number of fused-ring (bicyclic) bond motifs is 5. The SMILES string of the molecule is NC(=O)c1noc2cc3c(cc12)CC1(C=NC=NC1)C1=COC=CN13. The minimum atomic E-state index is -0.611. The van der Waals surface area contributed by atoms with Gasteiger partial charge in [0.25, 0.3) is 5.91 Å². The standard InChI is InChI=1S/C17H13N5O3/c18-16(23)15-11-3-10-5-17(7-19-9-20-8-17)14-6-24-2-1-22(14)12(10)4-13(11)25-21-15/h1-4,6-7,9H,5,8H2,(H2,18,23). The van der Waals surface area contributed by atoms with Crippen LogP contribution in [0.1, 0.15) is 16.1 Å². The molecule has 124 valence electrons. The fraction of sp³-hybridized carbons (Fsp3) is 0.176. The summed E-state index contributed by atoms with van der Waals surface area (Å²) < 4.78 is 10.7. The van der Waals surface area contributed by atoms with Crippen LogP contribution in [0, 0.1) is 5.41 Å². The Kier molecular flexibility index (Phi) is 2.68. The number of carbonyl (C=O) groups excluding carboxylic acids is 1. The van der Waals surface area contributed by atoms with Gasteiger partial charge in [-0.25, -0.2) is 4.99 Å². The fourth-order valence-electron chi connectivity index (χ4n) is 3.61. The van der Waals surface area contributed by atoms with Crippen LogP contribution in [0.5, 0.6) is 0 Å². The molecule has 0 fully saturated rings. The Morgan fingerprint density at radius 3 is 3.08 bits per heavy atom. The van der Waals surface area contributed by atoms with Crippen molar-refractivity contribution in [3.05, 3.63) is 47.8 Å². The summed E-state index contributed by atoms with van der Waals surface area (Å²) in [6, 6.07) is 3.78. The van der Waals surface area contributed by atoms with E-state index in [1.54, 1.807) is 18.9 Å². The molecule has 0 saturated heterocycles. The molecule has 8 heteroatoms.